The highest BCUT2D eigenvalue weighted by Gasteiger charge is 2.22. The van der Waals surface area contributed by atoms with Crippen LogP contribution in [0.15, 0.2) is 53.3 Å². The van der Waals surface area contributed by atoms with Crippen molar-refractivity contribution >= 4 is 17.5 Å². The maximum absolute atomic E-state index is 12.6. The lowest BCUT2D eigenvalue weighted by atomic mass is 10.1. The summed E-state index contributed by atoms with van der Waals surface area (Å²) in [6.07, 6.45) is 3.88. The van der Waals surface area contributed by atoms with E-state index in [-0.39, 0.29) is 5.91 Å². The normalized spacial score (nSPS) is 14.3. The third-order valence-corrected chi connectivity index (χ3v) is 4.46. The van der Waals surface area contributed by atoms with Gasteiger partial charge in [-0.2, -0.15) is 5.10 Å². The van der Waals surface area contributed by atoms with E-state index in [1.807, 2.05) is 39.9 Å². The third-order valence-electron chi connectivity index (χ3n) is 4.21. The summed E-state index contributed by atoms with van der Waals surface area (Å²) < 4.78 is 7.02. The average Bonchev–Trinajstić information content (AvgIpc) is 3.21. The Morgan fingerprint density at radius 1 is 1.17 bits per heavy atom. The summed E-state index contributed by atoms with van der Waals surface area (Å²) in [6, 6.07) is 11.4. The first-order chi connectivity index (χ1) is 11.7. The monoisotopic (exact) mass is 341 g/mol. The molecular weight excluding hydrogens is 326 g/mol. The van der Waals surface area contributed by atoms with E-state index in [4.69, 9.17) is 16.0 Å². The molecule has 1 aliphatic rings. The molecule has 0 N–H and O–H groups in total. The number of aryl methyl sites for hydroxylation is 1. The predicted octanol–water partition coefficient (Wildman–Crippen LogP) is 3.84. The number of aromatic nitrogens is 2. The first kappa shape index (κ1) is 15.0. The van der Waals surface area contributed by atoms with Gasteiger partial charge in [0.1, 0.15) is 6.26 Å². The van der Waals surface area contributed by atoms with Gasteiger partial charge in [0, 0.05) is 23.7 Å². The molecular formula is C18H16ClN3O2. The van der Waals surface area contributed by atoms with Crippen molar-refractivity contribution in [1.29, 1.82) is 0 Å². The summed E-state index contributed by atoms with van der Waals surface area (Å²) in [5.41, 5.74) is 3.54. The van der Waals surface area contributed by atoms with Gasteiger partial charge in [0.25, 0.3) is 5.91 Å². The largest absolute Gasteiger partial charge is 0.472 e. The molecule has 0 bridgehead atoms. The van der Waals surface area contributed by atoms with E-state index in [2.05, 4.69) is 5.10 Å². The van der Waals surface area contributed by atoms with Crippen LogP contribution >= 0.6 is 11.6 Å². The number of rotatable bonds is 2. The topological polar surface area (TPSA) is 51.3 Å². The fourth-order valence-electron chi connectivity index (χ4n) is 2.97. The fraction of sp³-hybridized carbons (Fsp3) is 0.222. The molecule has 6 heteroatoms. The van der Waals surface area contributed by atoms with Gasteiger partial charge in [-0.05, 0) is 30.7 Å². The molecule has 5 nitrogen and oxygen atoms in total. The number of carbonyl (C=O) groups excluding carboxylic acids is 1. The second kappa shape index (κ2) is 6.17. The van der Waals surface area contributed by atoms with E-state index in [9.17, 15) is 4.79 Å². The van der Waals surface area contributed by atoms with Crippen LogP contribution in [0.25, 0.3) is 11.3 Å². The SMILES string of the molecule is O=C(c1ccoc1)N1CCCn2nc(-c3ccc(Cl)cc3)cc2C1. The first-order valence-corrected chi connectivity index (χ1v) is 8.22. The zero-order chi connectivity index (χ0) is 16.5. The summed E-state index contributed by atoms with van der Waals surface area (Å²) in [5, 5.41) is 5.39. The Bertz CT molecular complexity index is 853. The summed E-state index contributed by atoms with van der Waals surface area (Å²) in [6.45, 7) is 2.06. The van der Waals surface area contributed by atoms with Crippen LogP contribution in [0.1, 0.15) is 22.5 Å². The van der Waals surface area contributed by atoms with Crippen molar-refractivity contribution in [3.63, 3.8) is 0 Å². The number of benzene rings is 1. The van der Waals surface area contributed by atoms with E-state index >= 15 is 0 Å². The van der Waals surface area contributed by atoms with Crippen LogP contribution in [0.2, 0.25) is 5.02 Å². The van der Waals surface area contributed by atoms with Gasteiger partial charge >= 0.3 is 0 Å². The van der Waals surface area contributed by atoms with Crippen LogP contribution in [0.5, 0.6) is 0 Å². The van der Waals surface area contributed by atoms with Crippen molar-refractivity contribution in [3.8, 4) is 11.3 Å². The van der Waals surface area contributed by atoms with Crippen LogP contribution in [-0.4, -0.2) is 27.1 Å². The minimum atomic E-state index is -0.00792. The fourth-order valence-corrected chi connectivity index (χ4v) is 3.09. The third kappa shape index (κ3) is 2.83. The summed E-state index contributed by atoms with van der Waals surface area (Å²) in [4.78, 5) is 14.4. The molecule has 1 amide bonds. The second-order valence-electron chi connectivity index (χ2n) is 5.84. The molecule has 0 radical (unpaired) electrons. The summed E-state index contributed by atoms with van der Waals surface area (Å²) in [5.74, 6) is -0.00792. The van der Waals surface area contributed by atoms with E-state index in [0.29, 0.717) is 23.7 Å². The number of carbonyl (C=O) groups is 1. The van der Waals surface area contributed by atoms with Gasteiger partial charge in [-0.15, -0.1) is 0 Å². The highest BCUT2D eigenvalue weighted by molar-refractivity contribution is 6.30. The van der Waals surface area contributed by atoms with Gasteiger partial charge in [0.05, 0.1) is 29.8 Å². The Morgan fingerprint density at radius 2 is 2.00 bits per heavy atom. The number of halogens is 1. The van der Waals surface area contributed by atoms with E-state index in [0.717, 1.165) is 29.9 Å². The minimum absolute atomic E-state index is 0.00792. The van der Waals surface area contributed by atoms with Crippen LogP contribution in [0.4, 0.5) is 0 Å². The quantitative estimate of drug-likeness (QED) is 0.711. The van der Waals surface area contributed by atoms with Crippen molar-refractivity contribution in [3.05, 3.63) is 65.2 Å². The maximum Gasteiger partial charge on any atom is 0.257 e. The van der Waals surface area contributed by atoms with Crippen molar-refractivity contribution in [1.82, 2.24) is 14.7 Å². The molecule has 0 fully saturated rings. The molecule has 2 aromatic heterocycles. The lowest BCUT2D eigenvalue weighted by molar-refractivity contribution is 0.0745. The number of hydrogen-bond donors (Lipinski definition) is 0. The lowest BCUT2D eigenvalue weighted by Crippen LogP contribution is -2.30. The predicted molar refractivity (Wildman–Crippen MR) is 90.7 cm³/mol. The molecule has 4 rings (SSSR count). The number of fused-ring (bicyclic) bond motifs is 1. The lowest BCUT2D eigenvalue weighted by Gasteiger charge is -2.18. The summed E-state index contributed by atoms with van der Waals surface area (Å²) >= 11 is 5.95. The highest BCUT2D eigenvalue weighted by Crippen LogP contribution is 2.24. The van der Waals surface area contributed by atoms with Crippen LogP contribution < -0.4 is 0 Å². The van der Waals surface area contributed by atoms with Gasteiger partial charge in [-0.3, -0.25) is 9.48 Å². The van der Waals surface area contributed by atoms with E-state index < -0.39 is 0 Å². The van der Waals surface area contributed by atoms with Crippen molar-refractivity contribution < 1.29 is 9.21 Å². The minimum Gasteiger partial charge on any atom is -0.472 e. The molecule has 3 heterocycles. The Hall–Kier alpha value is -2.53. The zero-order valence-electron chi connectivity index (χ0n) is 13.0. The van der Waals surface area contributed by atoms with Gasteiger partial charge in [-0.25, -0.2) is 0 Å². The zero-order valence-corrected chi connectivity index (χ0v) is 13.7. The first-order valence-electron chi connectivity index (χ1n) is 7.85. The Labute approximate surface area is 144 Å². The van der Waals surface area contributed by atoms with E-state index in [1.165, 1.54) is 12.5 Å². The van der Waals surface area contributed by atoms with Crippen molar-refractivity contribution in [2.45, 2.75) is 19.5 Å². The van der Waals surface area contributed by atoms with E-state index in [1.54, 1.807) is 6.07 Å². The average molecular weight is 342 g/mol. The standard InChI is InChI=1S/C18H16ClN3O2/c19-15-4-2-13(3-5-15)17-10-16-11-21(7-1-8-22(16)20-17)18(23)14-6-9-24-12-14/h2-6,9-10,12H,1,7-8,11H2. The molecule has 3 aromatic rings. The number of nitrogens with zero attached hydrogens (tertiary/aromatic N) is 3. The summed E-state index contributed by atoms with van der Waals surface area (Å²) in [7, 11) is 0. The van der Waals surface area contributed by atoms with Gasteiger partial charge < -0.3 is 9.32 Å². The van der Waals surface area contributed by atoms with Crippen LogP contribution in [0.3, 0.4) is 0 Å². The van der Waals surface area contributed by atoms with Crippen molar-refractivity contribution in [2.24, 2.45) is 0 Å². The maximum atomic E-state index is 12.6. The Morgan fingerprint density at radius 3 is 2.75 bits per heavy atom. The van der Waals surface area contributed by atoms with Gasteiger partial charge in [0.15, 0.2) is 0 Å². The highest BCUT2D eigenvalue weighted by atomic mass is 35.5. The number of furan rings is 1. The molecule has 0 aliphatic carbocycles. The molecule has 122 valence electrons. The number of hydrogen-bond acceptors (Lipinski definition) is 3. The molecule has 0 atom stereocenters. The molecule has 0 spiro atoms. The molecule has 1 aliphatic heterocycles. The second-order valence-corrected chi connectivity index (χ2v) is 6.28. The van der Waals surface area contributed by atoms with Gasteiger partial charge in [-0.1, -0.05) is 23.7 Å². The molecule has 0 saturated heterocycles. The molecule has 24 heavy (non-hydrogen) atoms. The Balaban J connectivity index is 1.61. The molecule has 1 aromatic carbocycles. The smallest absolute Gasteiger partial charge is 0.257 e. The number of amides is 1. The Kier molecular flexibility index (Phi) is 3.86. The van der Waals surface area contributed by atoms with Crippen LogP contribution in [0, 0.1) is 0 Å². The molecule has 0 unspecified atom stereocenters. The van der Waals surface area contributed by atoms with Gasteiger partial charge in [0.2, 0.25) is 0 Å². The van der Waals surface area contributed by atoms with Crippen molar-refractivity contribution in [2.75, 3.05) is 6.54 Å². The van der Waals surface area contributed by atoms with Crippen LogP contribution in [-0.2, 0) is 13.1 Å². The molecule has 0 saturated carbocycles.